The van der Waals surface area contributed by atoms with Gasteiger partial charge in [-0.15, -0.1) is 0 Å². The second-order valence-corrected chi connectivity index (χ2v) is 10.2. The molecule has 0 bridgehead atoms. The van der Waals surface area contributed by atoms with Crippen molar-refractivity contribution in [2.75, 3.05) is 0 Å². The number of nitrogens with two attached hydrogens (primary N) is 1. The minimum absolute atomic E-state index is 0.109. The average Bonchev–Trinajstić information content (AvgIpc) is 2.53. The molecule has 0 radical (unpaired) electrons. The van der Waals surface area contributed by atoms with Crippen molar-refractivity contribution < 1.29 is 5.32 Å². The van der Waals surface area contributed by atoms with E-state index in [4.69, 9.17) is 12.2 Å². The van der Waals surface area contributed by atoms with E-state index in [9.17, 15) is 0 Å². The third kappa shape index (κ3) is 3.40. The first-order chi connectivity index (χ1) is 11.7. The Morgan fingerprint density at radius 1 is 1.44 bits per heavy atom. The van der Waals surface area contributed by atoms with Crippen molar-refractivity contribution in [3.8, 4) is 0 Å². The van der Waals surface area contributed by atoms with Crippen molar-refractivity contribution in [3.63, 3.8) is 0 Å². The lowest BCUT2D eigenvalue weighted by molar-refractivity contribution is -0.688. The number of hydrogen-bond donors (Lipinski definition) is 1. The number of nitrogens with zero attached hydrogens (tertiary/aromatic N) is 1. The highest BCUT2D eigenvalue weighted by atomic mass is 32.1. The van der Waals surface area contributed by atoms with E-state index in [1.54, 1.807) is 0 Å². The van der Waals surface area contributed by atoms with Crippen LogP contribution in [0.5, 0.6) is 0 Å². The first kappa shape index (κ1) is 19.3. The molecule has 2 nitrogen and oxygen atoms in total. The predicted octanol–water partition coefficient (Wildman–Crippen LogP) is 4.64. The normalized spacial score (nSPS) is 44.0. The molecule has 0 aromatic rings. The maximum absolute atomic E-state index is 4.90. The molecular weight excluding hydrogens is 324 g/mol. The fraction of sp³-hybridized carbons (Fsp3) is 0.818. The molecule has 0 saturated heterocycles. The molecule has 0 aromatic carbocycles. The molecule has 0 aromatic heterocycles. The summed E-state index contributed by atoms with van der Waals surface area (Å²) in [6.45, 7) is 13.9. The summed E-state index contributed by atoms with van der Waals surface area (Å²) in [5.41, 5.74) is 1.71. The van der Waals surface area contributed by atoms with E-state index in [1.807, 2.05) is 0 Å². The maximum Gasteiger partial charge on any atom is 0.0726 e. The van der Waals surface area contributed by atoms with E-state index in [0.717, 1.165) is 30.1 Å². The topological polar surface area (TPSA) is 29.0 Å². The van der Waals surface area contributed by atoms with Gasteiger partial charge in [-0.3, -0.25) is 0 Å². The lowest BCUT2D eigenvalue weighted by Gasteiger charge is -2.60. The summed E-state index contributed by atoms with van der Waals surface area (Å²) in [5, 5.41) is 4.90. The van der Waals surface area contributed by atoms with Gasteiger partial charge in [0.25, 0.3) is 0 Å². The molecule has 140 valence electrons. The van der Waals surface area contributed by atoms with Crippen molar-refractivity contribution in [1.29, 1.82) is 0 Å². The van der Waals surface area contributed by atoms with Gasteiger partial charge < -0.3 is 5.32 Å². The van der Waals surface area contributed by atoms with Crippen molar-refractivity contribution in [3.05, 3.63) is 19.2 Å². The SMILES string of the molecule is C=C1CC[C@@H]2[C@@H]3[C@@H](CC[C@]2(C)[NH2+][CH2-])[C@H](C)C[C@H](CC(C)(C)N=C=S)[C@@H]13. The first-order valence-electron chi connectivity index (χ1n) is 10.1. The second kappa shape index (κ2) is 6.91. The zero-order valence-electron chi connectivity index (χ0n) is 16.6. The highest BCUT2D eigenvalue weighted by Gasteiger charge is 2.57. The summed E-state index contributed by atoms with van der Waals surface area (Å²) in [5.74, 6) is 4.59. The second-order valence-electron chi connectivity index (χ2n) is 10.0. The van der Waals surface area contributed by atoms with Gasteiger partial charge in [0.1, 0.15) is 0 Å². The Morgan fingerprint density at radius 3 is 2.80 bits per heavy atom. The molecule has 3 aliphatic carbocycles. The van der Waals surface area contributed by atoms with Crippen LogP contribution in [0.15, 0.2) is 17.1 Å². The van der Waals surface area contributed by atoms with Crippen molar-refractivity contribution >= 4 is 17.4 Å². The Balaban J connectivity index is 1.94. The number of thiocarbonyl (C=S) groups is 1. The summed E-state index contributed by atoms with van der Waals surface area (Å²) in [6.07, 6.45) is 7.61. The third-order valence-electron chi connectivity index (χ3n) is 7.97. The Morgan fingerprint density at radius 2 is 2.16 bits per heavy atom. The van der Waals surface area contributed by atoms with Gasteiger partial charge in [0, 0.05) is 12.3 Å². The van der Waals surface area contributed by atoms with Crippen LogP contribution < -0.4 is 5.32 Å². The standard InChI is InChI=1S/C22H36N2S/c1-14-7-8-18-20-17(9-10-22(18,5)23-6)15(2)11-16(19(14)20)12-21(3,4)24-13-25/h15-20H,1,6-12,23H2,2-5H3/t15-,16-,17+,18-,19-,20+,22+/m1/s1. The van der Waals surface area contributed by atoms with Gasteiger partial charge in [0.15, 0.2) is 0 Å². The fourth-order valence-corrected chi connectivity index (χ4v) is 7.04. The highest BCUT2D eigenvalue weighted by molar-refractivity contribution is 7.78. The Labute approximate surface area is 159 Å². The van der Waals surface area contributed by atoms with Gasteiger partial charge in [-0.2, -0.15) is 7.05 Å². The molecule has 0 spiro atoms. The smallest absolute Gasteiger partial charge is 0.0726 e. The zero-order chi connectivity index (χ0) is 18.4. The highest BCUT2D eigenvalue weighted by Crippen LogP contribution is 2.60. The first-order valence-corrected chi connectivity index (χ1v) is 10.5. The average molecular weight is 361 g/mol. The van der Waals surface area contributed by atoms with Gasteiger partial charge in [0.2, 0.25) is 0 Å². The van der Waals surface area contributed by atoms with Crippen LogP contribution in [0.2, 0.25) is 0 Å². The maximum atomic E-state index is 4.90. The van der Waals surface area contributed by atoms with Crippen LogP contribution >= 0.6 is 12.2 Å². The van der Waals surface area contributed by atoms with Crippen LogP contribution in [0.3, 0.4) is 0 Å². The van der Waals surface area contributed by atoms with E-state index in [1.165, 1.54) is 37.7 Å². The van der Waals surface area contributed by atoms with Gasteiger partial charge in [-0.05, 0) is 94.7 Å². The predicted molar refractivity (Wildman–Crippen MR) is 108 cm³/mol. The molecule has 7 atom stereocenters. The van der Waals surface area contributed by atoms with Crippen LogP contribution in [0.1, 0.15) is 66.2 Å². The molecule has 3 aliphatic rings. The number of rotatable bonds is 4. The van der Waals surface area contributed by atoms with E-state index >= 15 is 0 Å². The van der Waals surface area contributed by atoms with E-state index in [2.05, 4.69) is 56.8 Å². The molecule has 2 N–H and O–H groups in total. The number of allylic oxidation sites excluding steroid dienone is 1. The van der Waals surface area contributed by atoms with Gasteiger partial charge in [-0.1, -0.05) is 19.1 Å². The minimum atomic E-state index is -0.109. The zero-order valence-corrected chi connectivity index (χ0v) is 17.4. The van der Waals surface area contributed by atoms with Crippen LogP contribution in [0.25, 0.3) is 0 Å². The lowest BCUT2D eigenvalue weighted by Crippen LogP contribution is -2.94. The minimum Gasteiger partial charge on any atom is -0.474 e. The van der Waals surface area contributed by atoms with Gasteiger partial charge in [0.05, 0.1) is 16.2 Å². The Hall–Kier alpha value is -0.500. The van der Waals surface area contributed by atoms with Crippen LogP contribution in [-0.2, 0) is 0 Å². The Bertz CT molecular complexity index is 577. The number of hydrogen-bond acceptors (Lipinski definition) is 2. The van der Waals surface area contributed by atoms with Crippen molar-refractivity contribution in [2.24, 2.45) is 40.5 Å². The third-order valence-corrected chi connectivity index (χ3v) is 8.07. The molecule has 0 unspecified atom stereocenters. The summed E-state index contributed by atoms with van der Waals surface area (Å²) >= 11 is 4.90. The monoisotopic (exact) mass is 360 g/mol. The summed E-state index contributed by atoms with van der Waals surface area (Å²) < 4.78 is 0. The van der Waals surface area contributed by atoms with E-state index in [0.29, 0.717) is 17.4 Å². The summed E-state index contributed by atoms with van der Waals surface area (Å²) in [7, 11) is 4.22. The number of isothiocyanates is 1. The Kier molecular flexibility index (Phi) is 5.32. The lowest BCUT2D eigenvalue weighted by atomic mass is 9.46. The summed E-state index contributed by atoms with van der Waals surface area (Å²) in [6, 6.07) is 0. The summed E-state index contributed by atoms with van der Waals surface area (Å²) in [4.78, 5) is 4.47. The molecule has 3 rings (SSSR count). The van der Waals surface area contributed by atoms with Gasteiger partial charge in [-0.25, -0.2) is 4.99 Å². The fourth-order valence-electron chi connectivity index (χ4n) is 6.80. The largest absolute Gasteiger partial charge is 0.474 e. The molecule has 3 heteroatoms. The van der Waals surface area contributed by atoms with Crippen LogP contribution in [0, 0.1) is 42.6 Å². The van der Waals surface area contributed by atoms with Crippen molar-refractivity contribution in [2.45, 2.75) is 77.3 Å². The van der Waals surface area contributed by atoms with Crippen LogP contribution in [-0.4, -0.2) is 16.2 Å². The molecule has 3 fully saturated rings. The van der Waals surface area contributed by atoms with Gasteiger partial charge >= 0.3 is 0 Å². The van der Waals surface area contributed by atoms with Crippen molar-refractivity contribution in [1.82, 2.24) is 0 Å². The molecule has 0 amide bonds. The quantitative estimate of drug-likeness (QED) is 0.336. The molecule has 0 heterocycles. The van der Waals surface area contributed by atoms with Crippen LogP contribution in [0.4, 0.5) is 0 Å². The van der Waals surface area contributed by atoms with E-state index in [-0.39, 0.29) is 5.54 Å². The number of quaternary nitrogens is 1. The molecule has 3 saturated carbocycles. The molecular formula is C22H36N2S. The molecule has 25 heavy (non-hydrogen) atoms. The molecule has 0 aliphatic heterocycles. The van der Waals surface area contributed by atoms with E-state index < -0.39 is 0 Å². The number of aliphatic imine (C=N–C) groups is 1.